The first kappa shape index (κ1) is 11.4. The van der Waals surface area contributed by atoms with E-state index in [1.807, 2.05) is 0 Å². The average Bonchev–Trinajstić information content (AvgIpc) is 2.67. The molecule has 0 atom stereocenters. The van der Waals surface area contributed by atoms with Crippen molar-refractivity contribution in [3.05, 3.63) is 0 Å². The number of carbonyl (C=O) groups excluding carboxylic acids is 1. The van der Waals surface area contributed by atoms with E-state index < -0.39 is 19.0 Å². The van der Waals surface area contributed by atoms with Gasteiger partial charge in [0.1, 0.15) is 0 Å². The van der Waals surface area contributed by atoms with Gasteiger partial charge in [-0.05, 0) is 12.8 Å². The molecule has 0 bridgehead atoms. The third-order valence-electron chi connectivity index (χ3n) is 2.55. The van der Waals surface area contributed by atoms with Crippen LogP contribution in [0.15, 0.2) is 0 Å². The van der Waals surface area contributed by atoms with E-state index in [2.05, 4.69) is 5.32 Å². The smallest absolute Gasteiger partial charge is 0.277 e. The lowest BCUT2D eigenvalue weighted by Gasteiger charge is -2.16. The van der Waals surface area contributed by atoms with Gasteiger partial charge in [0.25, 0.3) is 5.92 Å². The molecular weight excluding hydrogens is 190 g/mol. The van der Waals surface area contributed by atoms with Gasteiger partial charge in [-0.2, -0.15) is 0 Å². The summed E-state index contributed by atoms with van der Waals surface area (Å²) in [5.41, 5.74) is 4.84. The number of hydrogen-bond donors (Lipinski definition) is 2. The maximum absolute atomic E-state index is 12.7. The van der Waals surface area contributed by atoms with E-state index >= 15 is 0 Å². The SMILES string of the molecule is NCC(F)(F)CNC(=O)C1CCCC1. The molecule has 0 radical (unpaired) electrons. The molecule has 0 aromatic carbocycles. The Balaban J connectivity index is 2.27. The summed E-state index contributed by atoms with van der Waals surface area (Å²) < 4.78 is 25.3. The summed E-state index contributed by atoms with van der Waals surface area (Å²) in [5.74, 6) is -3.30. The van der Waals surface area contributed by atoms with Crippen molar-refractivity contribution < 1.29 is 13.6 Å². The van der Waals surface area contributed by atoms with Crippen molar-refractivity contribution in [1.29, 1.82) is 0 Å². The minimum atomic E-state index is -2.98. The number of carbonyl (C=O) groups is 1. The minimum Gasteiger partial charge on any atom is -0.350 e. The van der Waals surface area contributed by atoms with Crippen LogP contribution >= 0.6 is 0 Å². The van der Waals surface area contributed by atoms with Crippen molar-refractivity contribution in [2.45, 2.75) is 31.6 Å². The van der Waals surface area contributed by atoms with Crippen molar-refractivity contribution in [1.82, 2.24) is 5.32 Å². The van der Waals surface area contributed by atoms with Crippen LogP contribution in [-0.2, 0) is 4.79 Å². The lowest BCUT2D eigenvalue weighted by Crippen LogP contribution is -2.43. The Hall–Kier alpha value is -0.710. The highest BCUT2D eigenvalue weighted by Gasteiger charge is 2.29. The first-order valence-corrected chi connectivity index (χ1v) is 4.91. The van der Waals surface area contributed by atoms with Crippen LogP contribution in [0.25, 0.3) is 0 Å². The van der Waals surface area contributed by atoms with Gasteiger partial charge in [-0.15, -0.1) is 0 Å². The molecule has 1 rings (SSSR count). The highest BCUT2D eigenvalue weighted by Crippen LogP contribution is 2.24. The van der Waals surface area contributed by atoms with Gasteiger partial charge < -0.3 is 11.1 Å². The molecule has 1 fully saturated rings. The second kappa shape index (κ2) is 4.68. The second-order valence-corrected chi connectivity index (χ2v) is 3.76. The fourth-order valence-electron chi connectivity index (χ4n) is 1.62. The van der Waals surface area contributed by atoms with Gasteiger partial charge in [-0.1, -0.05) is 12.8 Å². The molecule has 3 nitrogen and oxygen atoms in total. The lowest BCUT2D eigenvalue weighted by molar-refractivity contribution is -0.126. The molecule has 14 heavy (non-hydrogen) atoms. The Kier molecular flexibility index (Phi) is 3.80. The molecule has 5 heteroatoms. The van der Waals surface area contributed by atoms with Crippen LogP contribution in [0, 0.1) is 5.92 Å². The zero-order valence-corrected chi connectivity index (χ0v) is 8.06. The Morgan fingerprint density at radius 3 is 2.50 bits per heavy atom. The molecule has 1 saturated carbocycles. The third kappa shape index (κ3) is 3.21. The predicted octanol–water partition coefficient (Wildman–Crippen LogP) is 0.887. The first-order chi connectivity index (χ1) is 6.55. The van der Waals surface area contributed by atoms with Crippen molar-refractivity contribution in [3.63, 3.8) is 0 Å². The fourth-order valence-corrected chi connectivity index (χ4v) is 1.62. The number of nitrogens with one attached hydrogen (secondary N) is 1. The van der Waals surface area contributed by atoms with Crippen molar-refractivity contribution in [2.24, 2.45) is 11.7 Å². The van der Waals surface area contributed by atoms with Gasteiger partial charge in [0.05, 0.1) is 13.1 Å². The molecule has 82 valence electrons. The molecule has 0 saturated heterocycles. The maximum atomic E-state index is 12.7. The summed E-state index contributed by atoms with van der Waals surface area (Å²) in [6.07, 6.45) is 3.68. The van der Waals surface area contributed by atoms with Gasteiger partial charge in [-0.3, -0.25) is 4.79 Å². The third-order valence-corrected chi connectivity index (χ3v) is 2.55. The molecule has 0 aliphatic heterocycles. The number of amides is 1. The van der Waals surface area contributed by atoms with Crippen LogP contribution in [0.1, 0.15) is 25.7 Å². The summed E-state index contributed by atoms with van der Waals surface area (Å²) in [6.45, 7) is -1.36. The van der Waals surface area contributed by atoms with Gasteiger partial charge in [-0.25, -0.2) is 8.78 Å². The number of rotatable bonds is 4. The zero-order valence-electron chi connectivity index (χ0n) is 8.06. The molecular formula is C9H16F2N2O. The predicted molar refractivity (Wildman–Crippen MR) is 49.0 cm³/mol. The van der Waals surface area contributed by atoms with E-state index in [4.69, 9.17) is 5.73 Å². The highest BCUT2D eigenvalue weighted by molar-refractivity contribution is 5.78. The van der Waals surface area contributed by atoms with E-state index in [0.717, 1.165) is 25.7 Å². The van der Waals surface area contributed by atoms with Gasteiger partial charge >= 0.3 is 0 Å². The molecule has 0 aromatic heterocycles. The monoisotopic (exact) mass is 206 g/mol. The molecule has 0 aromatic rings. The topological polar surface area (TPSA) is 55.1 Å². The zero-order chi connectivity index (χ0) is 10.6. The van der Waals surface area contributed by atoms with E-state index in [0.29, 0.717) is 0 Å². The summed E-state index contributed by atoms with van der Waals surface area (Å²) in [5, 5.41) is 2.25. The van der Waals surface area contributed by atoms with Crippen LogP contribution in [-0.4, -0.2) is 24.9 Å². The second-order valence-electron chi connectivity index (χ2n) is 3.76. The van der Waals surface area contributed by atoms with E-state index in [1.54, 1.807) is 0 Å². The fraction of sp³-hybridized carbons (Fsp3) is 0.889. The highest BCUT2D eigenvalue weighted by atomic mass is 19.3. The standard InChI is InChI=1S/C9H16F2N2O/c10-9(11,5-12)6-13-8(14)7-3-1-2-4-7/h7H,1-6,12H2,(H,13,14). The number of nitrogens with two attached hydrogens (primary N) is 1. The van der Waals surface area contributed by atoms with Crippen LogP contribution in [0.2, 0.25) is 0 Å². The van der Waals surface area contributed by atoms with E-state index in [1.165, 1.54) is 0 Å². The summed E-state index contributed by atoms with van der Waals surface area (Å²) in [4.78, 5) is 11.3. The summed E-state index contributed by atoms with van der Waals surface area (Å²) in [7, 11) is 0. The molecule has 3 N–H and O–H groups in total. The quantitative estimate of drug-likeness (QED) is 0.717. The molecule has 1 aliphatic rings. The minimum absolute atomic E-state index is 0.0661. The van der Waals surface area contributed by atoms with E-state index in [9.17, 15) is 13.6 Å². The Bertz CT molecular complexity index is 203. The number of hydrogen-bond acceptors (Lipinski definition) is 2. The van der Waals surface area contributed by atoms with E-state index in [-0.39, 0.29) is 11.8 Å². The van der Waals surface area contributed by atoms with Crippen LogP contribution in [0.5, 0.6) is 0 Å². The van der Waals surface area contributed by atoms with Crippen molar-refractivity contribution in [3.8, 4) is 0 Å². The van der Waals surface area contributed by atoms with Gasteiger partial charge in [0, 0.05) is 5.92 Å². The number of alkyl halides is 2. The Morgan fingerprint density at radius 2 is 2.00 bits per heavy atom. The molecule has 0 spiro atoms. The van der Waals surface area contributed by atoms with Crippen LogP contribution < -0.4 is 11.1 Å². The summed E-state index contributed by atoms with van der Waals surface area (Å²) >= 11 is 0. The van der Waals surface area contributed by atoms with Gasteiger partial charge in [0.2, 0.25) is 5.91 Å². The summed E-state index contributed by atoms with van der Waals surface area (Å²) in [6, 6.07) is 0. The van der Waals surface area contributed by atoms with Crippen molar-refractivity contribution >= 4 is 5.91 Å². The number of halogens is 2. The Labute approximate surface area is 82.0 Å². The van der Waals surface area contributed by atoms with Gasteiger partial charge in [0.15, 0.2) is 0 Å². The van der Waals surface area contributed by atoms with Crippen molar-refractivity contribution in [2.75, 3.05) is 13.1 Å². The molecule has 1 amide bonds. The first-order valence-electron chi connectivity index (χ1n) is 4.91. The average molecular weight is 206 g/mol. The molecule has 0 heterocycles. The normalized spacial score (nSPS) is 18.5. The van der Waals surface area contributed by atoms with Crippen LogP contribution in [0.4, 0.5) is 8.78 Å². The Morgan fingerprint density at radius 1 is 1.43 bits per heavy atom. The largest absolute Gasteiger partial charge is 0.350 e. The maximum Gasteiger partial charge on any atom is 0.277 e. The molecule has 0 unspecified atom stereocenters. The molecule has 1 aliphatic carbocycles. The lowest BCUT2D eigenvalue weighted by atomic mass is 10.1. The van der Waals surface area contributed by atoms with Crippen LogP contribution in [0.3, 0.4) is 0 Å².